The number of aromatic amines is 1. The molecule has 1 aliphatic rings. The van der Waals surface area contributed by atoms with E-state index in [2.05, 4.69) is 19.9 Å². The van der Waals surface area contributed by atoms with Gasteiger partial charge in [-0.3, -0.25) is 9.56 Å². The molecule has 1 aromatic carbocycles. The molecule has 12 nitrogen and oxygen atoms in total. The van der Waals surface area contributed by atoms with Crippen LogP contribution in [0, 0.1) is 0 Å². The number of para-hydroxylation sites is 1. The molecule has 1 saturated heterocycles. The molecule has 1 unspecified atom stereocenters. The summed E-state index contributed by atoms with van der Waals surface area (Å²) in [5, 5.41) is 40.0. The quantitative estimate of drug-likeness (QED) is 0.313. The first kappa shape index (κ1) is 22.2. The first-order chi connectivity index (χ1) is 15.5. The van der Waals surface area contributed by atoms with Crippen LogP contribution in [0.25, 0.3) is 11.2 Å². The summed E-state index contributed by atoms with van der Waals surface area (Å²) >= 11 is 0. The molecule has 32 heavy (non-hydrogen) atoms. The minimum absolute atomic E-state index is 0.256. The average Bonchev–Trinajstić information content (AvgIpc) is 3.31. The number of methoxy groups -OCH3 is 2. The monoisotopic (exact) mass is 447 g/mol. The van der Waals surface area contributed by atoms with E-state index in [4.69, 9.17) is 14.2 Å². The van der Waals surface area contributed by atoms with Gasteiger partial charge >= 0.3 is 0 Å². The van der Waals surface area contributed by atoms with Gasteiger partial charge in [-0.15, -0.1) is 0 Å². The Labute approximate surface area is 182 Å². The molecular formula is C20H25N5O7. The summed E-state index contributed by atoms with van der Waals surface area (Å²) < 4.78 is 17.8. The van der Waals surface area contributed by atoms with Crippen LogP contribution in [-0.2, 0) is 11.3 Å². The zero-order valence-corrected chi connectivity index (χ0v) is 17.5. The molecule has 0 spiro atoms. The van der Waals surface area contributed by atoms with Crippen molar-refractivity contribution in [1.82, 2.24) is 19.5 Å². The summed E-state index contributed by atoms with van der Waals surface area (Å²) in [6, 6.07) is 5.50. The Balaban J connectivity index is 1.71. The topological polar surface area (TPSA) is 167 Å². The van der Waals surface area contributed by atoms with Crippen LogP contribution in [0.5, 0.6) is 11.5 Å². The van der Waals surface area contributed by atoms with E-state index in [0.29, 0.717) is 28.2 Å². The molecule has 172 valence electrons. The number of nitrogens with zero attached hydrogens (tertiary/aromatic N) is 4. The highest BCUT2D eigenvalue weighted by atomic mass is 16.6. The number of aliphatic hydroxyl groups is 4. The smallest absolute Gasteiger partial charge is 0.177 e. The van der Waals surface area contributed by atoms with E-state index < -0.39 is 37.3 Å². The highest BCUT2D eigenvalue weighted by Crippen LogP contribution is 2.31. The van der Waals surface area contributed by atoms with E-state index in [1.807, 2.05) is 12.1 Å². The van der Waals surface area contributed by atoms with Crippen LogP contribution in [0.15, 0.2) is 35.8 Å². The minimum Gasteiger partial charge on any atom is -0.493 e. The average molecular weight is 447 g/mol. The van der Waals surface area contributed by atoms with Gasteiger partial charge in [-0.1, -0.05) is 12.1 Å². The van der Waals surface area contributed by atoms with Gasteiger partial charge in [0.1, 0.15) is 36.3 Å². The maximum absolute atomic E-state index is 10.4. The van der Waals surface area contributed by atoms with E-state index in [0.717, 1.165) is 5.56 Å². The summed E-state index contributed by atoms with van der Waals surface area (Å²) in [5.74, 6) is 1.17. The molecule has 5 N–H and O–H groups in total. The molecule has 0 saturated carbocycles. The lowest BCUT2D eigenvalue weighted by Crippen LogP contribution is -2.56. The third-order valence-electron chi connectivity index (χ3n) is 5.42. The van der Waals surface area contributed by atoms with Crippen molar-refractivity contribution < 1.29 is 34.6 Å². The van der Waals surface area contributed by atoms with Crippen molar-refractivity contribution in [2.45, 2.75) is 37.2 Å². The Morgan fingerprint density at radius 3 is 2.66 bits per heavy atom. The third kappa shape index (κ3) is 3.82. The van der Waals surface area contributed by atoms with Crippen LogP contribution in [0.3, 0.4) is 0 Å². The summed E-state index contributed by atoms with van der Waals surface area (Å²) in [4.78, 5) is 16.1. The predicted octanol–water partition coefficient (Wildman–Crippen LogP) is -1.15. The molecule has 1 aliphatic heterocycles. The second kappa shape index (κ2) is 9.22. The number of aromatic nitrogens is 4. The number of hydrogen-bond acceptors (Lipinski definition) is 10. The molecule has 3 heterocycles. The number of imidazole rings is 1. The summed E-state index contributed by atoms with van der Waals surface area (Å²) in [7, 11) is 3.11. The molecule has 12 heteroatoms. The lowest BCUT2D eigenvalue weighted by molar-refractivity contribution is -0.250. The van der Waals surface area contributed by atoms with Crippen molar-refractivity contribution in [3.63, 3.8) is 0 Å². The molecule has 5 atom stereocenters. The fraction of sp³-hybridized carbons (Fsp3) is 0.450. The number of benzene rings is 1. The first-order valence-corrected chi connectivity index (χ1v) is 9.91. The number of nitrogens with one attached hydrogen (secondary N) is 1. The van der Waals surface area contributed by atoms with Crippen LogP contribution in [0.4, 0.5) is 0 Å². The summed E-state index contributed by atoms with van der Waals surface area (Å²) in [6.45, 7) is -0.277. The molecule has 4 rings (SSSR count). The molecule has 0 amide bonds. The van der Waals surface area contributed by atoms with E-state index in [-0.39, 0.29) is 6.54 Å². The van der Waals surface area contributed by atoms with E-state index >= 15 is 0 Å². The molecular weight excluding hydrogens is 422 g/mol. The van der Waals surface area contributed by atoms with E-state index in [1.54, 1.807) is 20.3 Å². The first-order valence-electron chi connectivity index (χ1n) is 9.91. The summed E-state index contributed by atoms with van der Waals surface area (Å²) in [6.07, 6.45) is -3.81. The Morgan fingerprint density at radius 2 is 1.94 bits per heavy atom. The van der Waals surface area contributed by atoms with Crippen LogP contribution >= 0.6 is 0 Å². The number of H-pyrrole nitrogens is 1. The SMILES string of the molecule is COc1cccc(CN=c2ncn(C3O[C@H](CO)[C@@H](O)[C@H](O)[C@H]3O)c3nc[nH]c23)c1OC. The predicted molar refractivity (Wildman–Crippen MR) is 110 cm³/mol. The lowest BCUT2D eigenvalue weighted by Gasteiger charge is -2.40. The number of fused-ring (bicyclic) bond motifs is 1. The Bertz CT molecular complexity index is 1140. The largest absolute Gasteiger partial charge is 0.493 e. The van der Waals surface area contributed by atoms with Crippen LogP contribution in [0.2, 0.25) is 0 Å². The second-order valence-electron chi connectivity index (χ2n) is 7.26. The van der Waals surface area contributed by atoms with Gasteiger partial charge in [0.2, 0.25) is 0 Å². The zero-order valence-electron chi connectivity index (χ0n) is 17.5. The van der Waals surface area contributed by atoms with Crippen molar-refractivity contribution in [3.8, 4) is 11.5 Å². The second-order valence-corrected chi connectivity index (χ2v) is 7.26. The standard InChI is InChI=1S/C20H25N5O7/c1-30-11-5-3-4-10(17(11)31-2)6-21-18-13-19(23-8-22-13)25(9-24-18)20-16(29)15(28)14(27)12(7-26)32-20/h3-5,8-9,12,14-16,20,26-29H,6-7H2,1-2H3,(H,22,23)/t12-,14-,15+,16-,20?/m1/s1. The van der Waals surface area contributed by atoms with Gasteiger partial charge < -0.3 is 39.6 Å². The number of aliphatic hydroxyl groups excluding tert-OH is 4. The van der Waals surface area contributed by atoms with Gasteiger partial charge in [0.25, 0.3) is 0 Å². The molecule has 2 aromatic heterocycles. The number of rotatable bonds is 6. The summed E-state index contributed by atoms with van der Waals surface area (Å²) in [5.41, 5.74) is 2.00. The van der Waals surface area contributed by atoms with Gasteiger partial charge in [-0.05, 0) is 6.07 Å². The highest BCUT2D eigenvalue weighted by Gasteiger charge is 2.44. The van der Waals surface area contributed by atoms with E-state index in [9.17, 15) is 20.4 Å². The van der Waals surface area contributed by atoms with Crippen LogP contribution < -0.4 is 15.0 Å². The van der Waals surface area contributed by atoms with Crippen molar-refractivity contribution in [3.05, 3.63) is 41.9 Å². The van der Waals surface area contributed by atoms with Crippen molar-refractivity contribution in [1.29, 1.82) is 0 Å². The Hall–Kier alpha value is -3.03. The maximum atomic E-state index is 10.4. The Kier molecular flexibility index (Phi) is 6.39. The maximum Gasteiger partial charge on any atom is 0.177 e. The molecule has 0 aliphatic carbocycles. The normalized spacial score (nSPS) is 26.4. The van der Waals surface area contributed by atoms with Crippen LogP contribution in [0.1, 0.15) is 11.8 Å². The van der Waals surface area contributed by atoms with Crippen molar-refractivity contribution in [2.24, 2.45) is 4.99 Å². The van der Waals surface area contributed by atoms with Crippen LogP contribution in [-0.4, -0.2) is 85.2 Å². The third-order valence-corrected chi connectivity index (χ3v) is 5.42. The fourth-order valence-corrected chi connectivity index (χ4v) is 3.74. The Morgan fingerprint density at radius 1 is 1.12 bits per heavy atom. The molecule has 1 fully saturated rings. The fourth-order valence-electron chi connectivity index (χ4n) is 3.74. The van der Waals surface area contributed by atoms with E-state index in [1.165, 1.54) is 17.2 Å². The van der Waals surface area contributed by atoms with Gasteiger partial charge in [-0.25, -0.2) is 9.97 Å². The number of ether oxygens (including phenoxy) is 3. The minimum atomic E-state index is -1.52. The zero-order chi connectivity index (χ0) is 22.8. The molecule has 3 aromatic rings. The number of hydrogen-bond donors (Lipinski definition) is 5. The molecule has 0 bridgehead atoms. The van der Waals surface area contributed by atoms with Gasteiger partial charge in [0, 0.05) is 5.56 Å². The van der Waals surface area contributed by atoms with Gasteiger partial charge in [-0.2, -0.15) is 0 Å². The lowest BCUT2D eigenvalue weighted by atomic mass is 9.98. The highest BCUT2D eigenvalue weighted by molar-refractivity contribution is 5.68. The van der Waals surface area contributed by atoms with Crippen molar-refractivity contribution in [2.75, 3.05) is 20.8 Å². The van der Waals surface area contributed by atoms with Gasteiger partial charge in [0.05, 0.1) is 33.7 Å². The van der Waals surface area contributed by atoms with Gasteiger partial charge in [0.15, 0.2) is 28.9 Å². The molecule has 0 radical (unpaired) electrons. The van der Waals surface area contributed by atoms with Crippen molar-refractivity contribution >= 4 is 11.2 Å².